The second kappa shape index (κ2) is 6.63. The molecule has 0 bridgehead atoms. The van der Waals surface area contributed by atoms with Crippen LogP contribution in [0.15, 0.2) is 59.7 Å². The Balaban J connectivity index is 2.08. The number of alkyl halides is 1. The minimum Gasteiger partial charge on any atom is -0.272 e. The number of hydrogen-bond acceptors (Lipinski definition) is 2. The Morgan fingerprint density at radius 2 is 1.82 bits per heavy atom. The summed E-state index contributed by atoms with van der Waals surface area (Å²) in [4.78, 5) is 12.0. The number of carbonyl (C=O) groups excluding carboxylic acids is 1. The Hall–Kier alpha value is -1.65. The third-order valence-corrected chi connectivity index (χ3v) is 4.69. The molecule has 1 atom stereocenters. The van der Waals surface area contributed by atoms with Gasteiger partial charge in [-0.3, -0.25) is 4.79 Å². The number of halogens is 2. The van der Waals surface area contributed by atoms with Crippen LogP contribution in [0, 0.1) is 0 Å². The van der Waals surface area contributed by atoms with Crippen molar-refractivity contribution < 1.29 is 4.79 Å². The Labute approximate surface area is 142 Å². The molecule has 112 valence electrons. The zero-order valence-electron chi connectivity index (χ0n) is 11.7. The first-order chi connectivity index (χ1) is 10.7. The number of amides is 1. The molecular formula is C17H14BrClN2O. The molecule has 0 aromatic heterocycles. The van der Waals surface area contributed by atoms with Crippen LogP contribution in [0.5, 0.6) is 0 Å². The highest BCUT2D eigenvalue weighted by atomic mass is 79.9. The first kappa shape index (κ1) is 15.3. The summed E-state index contributed by atoms with van der Waals surface area (Å²) in [7, 11) is 0. The van der Waals surface area contributed by atoms with E-state index in [2.05, 4.69) is 21.0 Å². The fourth-order valence-electron chi connectivity index (χ4n) is 2.37. The molecule has 0 saturated carbocycles. The van der Waals surface area contributed by atoms with Gasteiger partial charge in [-0.05, 0) is 12.5 Å². The van der Waals surface area contributed by atoms with Gasteiger partial charge in [-0.15, -0.1) is 0 Å². The van der Waals surface area contributed by atoms with Gasteiger partial charge in [-0.1, -0.05) is 76.1 Å². The van der Waals surface area contributed by atoms with Crippen LogP contribution >= 0.6 is 27.5 Å². The maximum Gasteiger partial charge on any atom is 0.256 e. The van der Waals surface area contributed by atoms with Crippen LogP contribution in [0.1, 0.15) is 17.5 Å². The van der Waals surface area contributed by atoms with E-state index in [0.29, 0.717) is 17.3 Å². The van der Waals surface area contributed by atoms with Crippen LogP contribution in [-0.2, 0) is 4.79 Å². The molecule has 0 radical (unpaired) electrons. The van der Waals surface area contributed by atoms with Crippen molar-refractivity contribution in [3.05, 3.63) is 70.7 Å². The lowest BCUT2D eigenvalue weighted by molar-refractivity contribution is -0.127. The molecule has 3 nitrogen and oxygen atoms in total. The predicted molar refractivity (Wildman–Crippen MR) is 92.6 cm³/mol. The Kier molecular flexibility index (Phi) is 4.60. The first-order valence-corrected chi connectivity index (χ1v) is 8.30. The summed E-state index contributed by atoms with van der Waals surface area (Å²) in [6, 6.07) is 17.3. The van der Waals surface area contributed by atoms with Crippen LogP contribution in [0.2, 0.25) is 5.02 Å². The van der Waals surface area contributed by atoms with Gasteiger partial charge in [0.25, 0.3) is 5.91 Å². The highest BCUT2D eigenvalue weighted by molar-refractivity contribution is 9.10. The quantitative estimate of drug-likeness (QED) is 0.586. The van der Waals surface area contributed by atoms with Gasteiger partial charge in [0.05, 0.1) is 15.6 Å². The lowest BCUT2D eigenvalue weighted by Gasteiger charge is -2.14. The molecule has 1 heterocycles. The molecule has 3 rings (SSSR count). The highest BCUT2D eigenvalue weighted by Crippen LogP contribution is 2.23. The summed E-state index contributed by atoms with van der Waals surface area (Å²) in [5.41, 5.74) is 2.46. The van der Waals surface area contributed by atoms with Crippen molar-refractivity contribution in [3.63, 3.8) is 0 Å². The van der Waals surface area contributed by atoms with Gasteiger partial charge in [0.2, 0.25) is 0 Å². The molecule has 1 amide bonds. The summed E-state index contributed by atoms with van der Waals surface area (Å²) >= 11 is 9.70. The van der Waals surface area contributed by atoms with Crippen LogP contribution in [0.3, 0.4) is 0 Å². The zero-order chi connectivity index (χ0) is 15.5. The molecule has 1 aliphatic heterocycles. The normalized spacial score (nSPS) is 18.8. The Morgan fingerprint density at radius 3 is 2.45 bits per heavy atom. The number of hydrazone groups is 1. The van der Waals surface area contributed by atoms with E-state index in [0.717, 1.165) is 17.5 Å². The predicted octanol–water partition coefficient (Wildman–Crippen LogP) is 4.09. The van der Waals surface area contributed by atoms with Crippen molar-refractivity contribution >= 4 is 39.1 Å². The van der Waals surface area contributed by atoms with Crippen LogP contribution in [0.25, 0.3) is 0 Å². The molecular weight excluding hydrogens is 364 g/mol. The highest BCUT2D eigenvalue weighted by Gasteiger charge is 2.30. The SMILES string of the molecule is O=C1C(Br)CCN1/N=C(\c1ccccc1)c1ccccc1Cl. The van der Waals surface area contributed by atoms with Crippen molar-refractivity contribution in [2.75, 3.05) is 6.54 Å². The van der Waals surface area contributed by atoms with E-state index in [-0.39, 0.29) is 10.7 Å². The van der Waals surface area contributed by atoms with Crippen molar-refractivity contribution in [3.8, 4) is 0 Å². The molecule has 22 heavy (non-hydrogen) atoms. The fraction of sp³-hybridized carbons (Fsp3) is 0.176. The molecule has 1 aliphatic rings. The van der Waals surface area contributed by atoms with E-state index < -0.39 is 0 Å². The summed E-state index contributed by atoms with van der Waals surface area (Å²) in [5.74, 6) is -0.0134. The molecule has 0 spiro atoms. The zero-order valence-corrected chi connectivity index (χ0v) is 14.1. The van der Waals surface area contributed by atoms with Gasteiger partial charge >= 0.3 is 0 Å². The summed E-state index contributed by atoms with van der Waals surface area (Å²) < 4.78 is 0. The molecule has 0 aliphatic carbocycles. The minimum atomic E-state index is -0.153. The van der Waals surface area contributed by atoms with E-state index in [9.17, 15) is 4.79 Å². The number of nitrogens with zero attached hydrogens (tertiary/aromatic N) is 2. The standard InChI is InChI=1S/C17H14BrClN2O/c18-14-10-11-21(17(14)22)20-16(12-6-2-1-3-7-12)13-8-4-5-9-15(13)19/h1-9,14H,10-11H2/b20-16+. The number of rotatable bonds is 3. The number of hydrogen-bond donors (Lipinski definition) is 0. The third kappa shape index (κ3) is 3.08. The summed E-state index contributed by atoms with van der Waals surface area (Å²) in [6.07, 6.45) is 0.757. The van der Waals surface area contributed by atoms with Gasteiger partial charge in [0.1, 0.15) is 0 Å². The fourth-order valence-corrected chi connectivity index (χ4v) is 3.03. The van der Waals surface area contributed by atoms with Crippen LogP contribution in [0.4, 0.5) is 0 Å². The average Bonchev–Trinajstić information content (AvgIpc) is 2.86. The van der Waals surface area contributed by atoms with Crippen LogP contribution in [-0.4, -0.2) is 28.0 Å². The van der Waals surface area contributed by atoms with Crippen molar-refractivity contribution in [1.82, 2.24) is 5.01 Å². The van der Waals surface area contributed by atoms with Gasteiger partial charge < -0.3 is 0 Å². The summed E-state index contributed by atoms with van der Waals surface area (Å²) in [6.45, 7) is 0.607. The van der Waals surface area contributed by atoms with Gasteiger partial charge in [0, 0.05) is 17.7 Å². The van der Waals surface area contributed by atoms with Gasteiger partial charge in [-0.25, -0.2) is 5.01 Å². The van der Waals surface area contributed by atoms with E-state index in [1.807, 2.05) is 54.6 Å². The van der Waals surface area contributed by atoms with E-state index in [4.69, 9.17) is 11.6 Å². The smallest absolute Gasteiger partial charge is 0.256 e. The number of benzene rings is 2. The average molecular weight is 378 g/mol. The van der Waals surface area contributed by atoms with E-state index in [1.54, 1.807) is 0 Å². The molecule has 5 heteroatoms. The lowest BCUT2D eigenvalue weighted by atomic mass is 10.0. The van der Waals surface area contributed by atoms with Crippen molar-refractivity contribution in [2.24, 2.45) is 5.10 Å². The Bertz CT molecular complexity index is 718. The molecule has 2 aromatic carbocycles. The van der Waals surface area contributed by atoms with E-state index >= 15 is 0 Å². The largest absolute Gasteiger partial charge is 0.272 e. The maximum absolute atomic E-state index is 12.1. The maximum atomic E-state index is 12.1. The third-order valence-electron chi connectivity index (χ3n) is 3.51. The van der Waals surface area contributed by atoms with E-state index in [1.165, 1.54) is 5.01 Å². The lowest BCUT2D eigenvalue weighted by Crippen LogP contribution is -2.24. The second-order valence-corrected chi connectivity index (χ2v) is 6.52. The molecule has 1 saturated heterocycles. The van der Waals surface area contributed by atoms with Gasteiger partial charge in [-0.2, -0.15) is 5.10 Å². The van der Waals surface area contributed by atoms with Gasteiger partial charge in [0.15, 0.2) is 0 Å². The molecule has 1 unspecified atom stereocenters. The topological polar surface area (TPSA) is 32.7 Å². The number of carbonyl (C=O) groups is 1. The van der Waals surface area contributed by atoms with Crippen LogP contribution < -0.4 is 0 Å². The minimum absolute atomic E-state index is 0.0134. The second-order valence-electron chi connectivity index (χ2n) is 5.01. The van der Waals surface area contributed by atoms with Crippen molar-refractivity contribution in [2.45, 2.75) is 11.2 Å². The van der Waals surface area contributed by atoms with Crippen molar-refractivity contribution in [1.29, 1.82) is 0 Å². The Morgan fingerprint density at radius 1 is 1.14 bits per heavy atom. The molecule has 2 aromatic rings. The monoisotopic (exact) mass is 376 g/mol. The molecule has 0 N–H and O–H groups in total. The summed E-state index contributed by atoms with van der Waals surface area (Å²) in [5, 5.41) is 6.73. The first-order valence-electron chi connectivity index (χ1n) is 7.01. The molecule has 1 fully saturated rings.